The first kappa shape index (κ1) is 88.6. The number of ether oxygens (including phenoxy) is 4. The minimum atomic E-state index is 0.386. The lowest BCUT2D eigenvalue weighted by Crippen LogP contribution is -2.14. The highest BCUT2D eigenvalue weighted by Gasteiger charge is 2.10. The molecule has 0 spiro atoms. The Morgan fingerprint density at radius 2 is 0.714 bits per heavy atom. The number of para-hydroxylation sites is 4. The second kappa shape index (κ2) is 72.5. The van der Waals surface area contributed by atoms with Crippen LogP contribution in [0, 0.1) is 0 Å². The third-order valence-electron chi connectivity index (χ3n) is 10.3. The quantitative estimate of drug-likeness (QED) is 0.148. The van der Waals surface area contributed by atoms with E-state index in [0.29, 0.717) is 26.6 Å². The number of benzene rings is 4. The number of pyridine rings is 4. The van der Waals surface area contributed by atoms with Gasteiger partial charge in [-0.2, -0.15) is 0 Å². The summed E-state index contributed by atoms with van der Waals surface area (Å²) in [7, 11) is 0. The van der Waals surface area contributed by atoms with Crippen LogP contribution in [0.15, 0.2) is 171 Å². The van der Waals surface area contributed by atoms with Crippen molar-refractivity contribution in [2.24, 2.45) is 0 Å². The Morgan fingerprint density at radius 1 is 0.298 bits per heavy atom. The Morgan fingerprint density at radius 3 is 1.25 bits per heavy atom. The van der Waals surface area contributed by atoms with Gasteiger partial charge in [-0.25, -0.2) is 0 Å². The Bertz CT molecular complexity index is 2010. The SMILES string of the molecule is CC.CC.CC.CC.CC.CC.CC.CC.CC.CC.CC.CC.c1cc2c(cn1)CCCC2.c1ccc2c(c1)COCO2.c1ccc2c(c1)OCCO2.c1ccc2cnccc2c1.c1ccc2ncccc2c1.c1cnc2c(c1)CCCC2. The van der Waals surface area contributed by atoms with E-state index in [-0.39, 0.29) is 0 Å². The van der Waals surface area contributed by atoms with Crippen molar-refractivity contribution in [3.05, 3.63) is 199 Å². The van der Waals surface area contributed by atoms with Crippen molar-refractivity contribution in [2.45, 2.75) is 224 Å². The summed E-state index contributed by atoms with van der Waals surface area (Å²) in [5, 5.41) is 3.65. The summed E-state index contributed by atoms with van der Waals surface area (Å²) in [4.78, 5) is 16.6. The van der Waals surface area contributed by atoms with Crippen molar-refractivity contribution < 1.29 is 18.9 Å². The standard InChI is InChI=1S/C9H11N.C9H7N.C9H11N.C9H7N.2C8H8O2.12C2H6/c2*1-2-6-9-8(4-1)5-3-7-10-9;2*1-2-4-9-7-10-6-5-8(9)3-1;1-2-4-8-7(3-1)5-9-6-10-8;1-2-4-8-7(3-1)9-5-6-10-8;12*1-2/h3,5,7H,1-2,4,6H2;1-7H;5-7H,1-4H2;1-7H;2*1-4H,5-6H2;12*1-2H3. The molecule has 472 valence electrons. The number of aryl methyl sites for hydroxylation is 4. The number of nitrogens with zero attached hydrogens (tertiary/aromatic N) is 4. The van der Waals surface area contributed by atoms with E-state index in [1.54, 1.807) is 0 Å². The van der Waals surface area contributed by atoms with E-state index in [1.165, 1.54) is 89.9 Å². The molecule has 4 aromatic carbocycles. The number of hydrogen-bond acceptors (Lipinski definition) is 8. The molecule has 2 aliphatic carbocycles. The molecule has 8 aromatic rings. The molecule has 84 heavy (non-hydrogen) atoms. The van der Waals surface area contributed by atoms with E-state index in [2.05, 4.69) is 56.3 Å². The molecule has 2 aliphatic heterocycles. The normalized spacial score (nSPS) is 10.8. The largest absolute Gasteiger partial charge is 0.486 e. The van der Waals surface area contributed by atoms with Gasteiger partial charge in [-0.05, 0) is 127 Å². The monoisotopic (exact) mass is 1160 g/mol. The van der Waals surface area contributed by atoms with Crippen LogP contribution in [0.25, 0.3) is 21.7 Å². The molecule has 0 fully saturated rings. The molecular formula is C76H124N4O4. The molecular weight excluding hydrogens is 1030 g/mol. The first-order valence-corrected chi connectivity index (χ1v) is 32.9. The molecule has 0 saturated heterocycles. The summed E-state index contributed by atoms with van der Waals surface area (Å²) in [6.45, 7) is 50.4. The van der Waals surface area contributed by atoms with E-state index in [9.17, 15) is 0 Å². The van der Waals surface area contributed by atoms with Gasteiger partial charge in [0, 0.05) is 53.8 Å². The average Bonchev–Trinajstić information content (AvgIpc) is 3.68. The number of rotatable bonds is 0. The molecule has 0 radical (unpaired) electrons. The highest BCUT2D eigenvalue weighted by Crippen LogP contribution is 2.28. The molecule has 0 saturated carbocycles. The predicted octanol–water partition coefficient (Wildman–Crippen LogP) is 23.7. The fourth-order valence-corrected chi connectivity index (χ4v) is 7.14. The fourth-order valence-electron chi connectivity index (χ4n) is 7.14. The Kier molecular flexibility index (Phi) is 76.4. The minimum absolute atomic E-state index is 0.386. The van der Waals surface area contributed by atoms with Gasteiger partial charge in [0.05, 0.1) is 12.1 Å². The van der Waals surface area contributed by atoms with Crippen molar-refractivity contribution in [2.75, 3.05) is 20.0 Å². The van der Waals surface area contributed by atoms with Gasteiger partial charge in [0.2, 0.25) is 0 Å². The zero-order chi connectivity index (χ0) is 64.9. The summed E-state index contributed by atoms with van der Waals surface area (Å²) >= 11 is 0. The summed E-state index contributed by atoms with van der Waals surface area (Å²) in [5.74, 6) is 2.66. The van der Waals surface area contributed by atoms with Crippen LogP contribution in [0.3, 0.4) is 0 Å². The van der Waals surface area contributed by atoms with Gasteiger partial charge in [-0.3, -0.25) is 19.9 Å². The van der Waals surface area contributed by atoms with Gasteiger partial charge >= 0.3 is 0 Å². The molecule has 0 unspecified atom stereocenters. The van der Waals surface area contributed by atoms with Gasteiger partial charge in [0.15, 0.2) is 18.3 Å². The van der Waals surface area contributed by atoms with Gasteiger partial charge in [-0.15, -0.1) is 0 Å². The van der Waals surface area contributed by atoms with Gasteiger partial charge < -0.3 is 18.9 Å². The number of hydrogen-bond donors (Lipinski definition) is 0. The molecule has 8 nitrogen and oxygen atoms in total. The molecule has 4 aliphatic rings. The number of fused-ring (bicyclic) bond motifs is 6. The van der Waals surface area contributed by atoms with Crippen molar-refractivity contribution in [1.29, 1.82) is 0 Å². The summed E-state index contributed by atoms with van der Waals surface area (Å²) in [6, 6.07) is 44.3. The van der Waals surface area contributed by atoms with Crippen molar-refractivity contribution in [3.63, 3.8) is 0 Å². The van der Waals surface area contributed by atoms with E-state index in [1.807, 2.05) is 300 Å². The first-order chi connectivity index (χ1) is 41.8. The highest BCUT2D eigenvalue weighted by molar-refractivity contribution is 5.81. The van der Waals surface area contributed by atoms with E-state index in [4.69, 9.17) is 18.9 Å². The average molecular weight is 1160 g/mol. The van der Waals surface area contributed by atoms with Crippen LogP contribution in [0.4, 0.5) is 0 Å². The van der Waals surface area contributed by atoms with Crippen molar-refractivity contribution in [3.8, 4) is 17.2 Å². The third-order valence-corrected chi connectivity index (χ3v) is 10.3. The Hall–Kier alpha value is -6.64. The molecule has 8 heteroatoms. The molecule has 12 rings (SSSR count). The second-order valence-corrected chi connectivity index (χ2v) is 14.4. The van der Waals surface area contributed by atoms with Crippen LogP contribution in [0.5, 0.6) is 17.2 Å². The third kappa shape index (κ3) is 40.6. The molecule has 4 aromatic heterocycles. The smallest absolute Gasteiger partial charge is 0.189 e. The van der Waals surface area contributed by atoms with Crippen LogP contribution in [0.2, 0.25) is 0 Å². The Balaban J connectivity index is -0.000000202. The van der Waals surface area contributed by atoms with Crippen LogP contribution < -0.4 is 14.2 Å². The number of aromatic nitrogens is 4. The molecule has 0 N–H and O–H groups in total. The van der Waals surface area contributed by atoms with Crippen molar-refractivity contribution in [1.82, 2.24) is 19.9 Å². The second-order valence-electron chi connectivity index (χ2n) is 14.4. The minimum Gasteiger partial charge on any atom is -0.486 e. The van der Waals surface area contributed by atoms with E-state index < -0.39 is 0 Å². The van der Waals surface area contributed by atoms with E-state index >= 15 is 0 Å². The fraction of sp³-hybridized carbons (Fsp3) is 0.474. The molecule has 0 amide bonds. The van der Waals surface area contributed by atoms with Crippen molar-refractivity contribution >= 4 is 21.7 Å². The lowest BCUT2D eigenvalue weighted by molar-refractivity contribution is -0.0163. The van der Waals surface area contributed by atoms with E-state index in [0.717, 1.165) is 28.3 Å². The maximum absolute atomic E-state index is 5.30. The zero-order valence-corrected chi connectivity index (χ0v) is 58.1. The highest BCUT2D eigenvalue weighted by atomic mass is 16.7. The maximum atomic E-state index is 5.30. The van der Waals surface area contributed by atoms with Gasteiger partial charge in [0.25, 0.3) is 0 Å². The van der Waals surface area contributed by atoms with Crippen LogP contribution in [-0.2, 0) is 37.0 Å². The van der Waals surface area contributed by atoms with Crippen LogP contribution >= 0.6 is 0 Å². The first-order valence-electron chi connectivity index (χ1n) is 32.9. The van der Waals surface area contributed by atoms with Crippen LogP contribution in [-0.4, -0.2) is 39.9 Å². The summed E-state index contributed by atoms with van der Waals surface area (Å²) < 4.78 is 20.9. The lowest BCUT2D eigenvalue weighted by Gasteiger charge is -2.17. The summed E-state index contributed by atoms with van der Waals surface area (Å²) in [5.41, 5.74) is 7.97. The lowest BCUT2D eigenvalue weighted by atomic mass is 9.94. The molecule has 0 atom stereocenters. The maximum Gasteiger partial charge on any atom is 0.189 e. The topological polar surface area (TPSA) is 88.5 Å². The van der Waals surface area contributed by atoms with Gasteiger partial charge in [-0.1, -0.05) is 251 Å². The zero-order valence-electron chi connectivity index (χ0n) is 58.1. The predicted molar refractivity (Wildman–Crippen MR) is 376 cm³/mol. The van der Waals surface area contributed by atoms with Crippen LogP contribution in [0.1, 0.15) is 220 Å². The van der Waals surface area contributed by atoms with Gasteiger partial charge in [0.1, 0.15) is 19.0 Å². The summed E-state index contributed by atoms with van der Waals surface area (Å²) in [6.07, 6.45) is 21.6. The Labute approximate surface area is 518 Å². The molecule has 6 heterocycles. The molecule has 0 bridgehead atoms.